The third-order valence-corrected chi connectivity index (χ3v) is 1.35. The maximum absolute atomic E-state index is 9.34. The highest BCUT2D eigenvalue weighted by atomic mass is 32.1. The van der Waals surface area contributed by atoms with Crippen molar-refractivity contribution in [1.82, 2.24) is 0 Å². The minimum absolute atomic E-state index is 0.462. The molecule has 122 valence electrons. The van der Waals surface area contributed by atoms with Gasteiger partial charge >= 0.3 is 0 Å². The highest BCUT2D eigenvalue weighted by Gasteiger charge is 1.75. The van der Waals surface area contributed by atoms with Crippen molar-refractivity contribution in [3.8, 4) is 0 Å². The minimum atomic E-state index is -0.639. The fourth-order valence-electron chi connectivity index (χ4n) is 0.666. The molecule has 4 N–H and O–H groups in total. The van der Waals surface area contributed by atoms with Gasteiger partial charge in [-0.2, -0.15) is 0 Å². The molecule has 0 aromatic rings. The van der Waals surface area contributed by atoms with E-state index in [2.05, 4.69) is 55.3 Å². The van der Waals surface area contributed by atoms with Crippen molar-refractivity contribution in [3.05, 3.63) is 0 Å². The van der Waals surface area contributed by atoms with E-state index in [0.717, 1.165) is 6.42 Å². The lowest BCUT2D eigenvalue weighted by Gasteiger charge is -1.86. The van der Waals surface area contributed by atoms with Gasteiger partial charge in [0.15, 0.2) is 0 Å². The number of primary amides is 2. The molecular weight excluding hydrogens is 300 g/mol. The zero-order chi connectivity index (χ0) is 16.8. The SMILES string of the molecule is CCCCCC.CCCOC=O.NC(=O)S.NC(=O)S. The van der Waals surface area contributed by atoms with E-state index in [1.54, 1.807) is 0 Å². The molecule has 0 saturated carbocycles. The molecule has 0 atom stereocenters. The van der Waals surface area contributed by atoms with Gasteiger partial charge < -0.3 is 16.2 Å². The number of thiol groups is 2. The molecule has 0 aliphatic carbocycles. The van der Waals surface area contributed by atoms with Crippen LogP contribution in [0.2, 0.25) is 0 Å². The molecule has 0 saturated heterocycles. The van der Waals surface area contributed by atoms with Crippen molar-refractivity contribution in [2.45, 2.75) is 52.9 Å². The zero-order valence-electron chi connectivity index (χ0n) is 12.5. The largest absolute Gasteiger partial charge is 0.468 e. The molecule has 8 heteroatoms. The molecule has 0 radical (unpaired) electrons. The second-order valence-electron chi connectivity index (χ2n) is 3.35. The van der Waals surface area contributed by atoms with Crippen LogP contribution in [0.15, 0.2) is 0 Å². The standard InChI is InChI=1S/C6H14.C4H8O2.2CH3NOS/c1-3-5-6-4-2;1-2-3-6-4-5;2*2-1(3)4/h3-6H2,1-2H3;4H,2-3H2,1H3;2*(H3,2,3,4). The van der Waals surface area contributed by atoms with Gasteiger partial charge in [-0.25, -0.2) is 0 Å². The maximum atomic E-state index is 9.34. The molecule has 6 nitrogen and oxygen atoms in total. The summed E-state index contributed by atoms with van der Waals surface area (Å²) >= 11 is 6.21. The number of rotatable bonds is 6. The van der Waals surface area contributed by atoms with Crippen LogP contribution in [0, 0.1) is 0 Å². The van der Waals surface area contributed by atoms with Crippen LogP contribution < -0.4 is 11.5 Å². The average Bonchev–Trinajstić information content (AvgIpc) is 2.33. The van der Waals surface area contributed by atoms with Gasteiger partial charge in [-0.3, -0.25) is 14.4 Å². The van der Waals surface area contributed by atoms with Crippen LogP contribution in [-0.2, 0) is 9.53 Å². The van der Waals surface area contributed by atoms with Crippen molar-refractivity contribution in [2.75, 3.05) is 6.61 Å². The van der Waals surface area contributed by atoms with Crippen LogP contribution in [0.5, 0.6) is 0 Å². The Morgan fingerprint density at radius 3 is 1.35 bits per heavy atom. The summed E-state index contributed by atoms with van der Waals surface area (Å²) < 4.78 is 4.30. The highest BCUT2D eigenvalue weighted by Crippen LogP contribution is 1.95. The lowest BCUT2D eigenvalue weighted by molar-refractivity contribution is -0.128. The first-order valence-electron chi connectivity index (χ1n) is 6.31. The summed E-state index contributed by atoms with van der Waals surface area (Å²) in [5.41, 5.74) is 8.67. The first kappa shape index (κ1) is 27.5. The molecule has 0 aliphatic rings. The molecule has 20 heavy (non-hydrogen) atoms. The van der Waals surface area contributed by atoms with Crippen LogP contribution in [0.3, 0.4) is 0 Å². The molecule has 0 aromatic carbocycles. The molecule has 0 unspecified atom stereocenters. The zero-order valence-corrected chi connectivity index (χ0v) is 14.3. The van der Waals surface area contributed by atoms with Gasteiger partial charge in [0.25, 0.3) is 17.0 Å². The average molecular weight is 329 g/mol. The number of nitrogens with two attached hydrogens (primary N) is 2. The fraction of sp³-hybridized carbons (Fsp3) is 0.750. The lowest BCUT2D eigenvalue weighted by atomic mass is 10.2. The molecule has 0 rings (SSSR count). The number of amides is 2. The number of hydrogen-bond acceptors (Lipinski definition) is 4. The van der Waals surface area contributed by atoms with Gasteiger partial charge in [0.05, 0.1) is 6.61 Å². The van der Waals surface area contributed by atoms with Crippen LogP contribution in [0.25, 0.3) is 0 Å². The van der Waals surface area contributed by atoms with Gasteiger partial charge in [-0.1, -0.05) is 71.7 Å². The second kappa shape index (κ2) is 30.8. The number of unbranched alkanes of at least 4 members (excludes halogenated alkanes) is 3. The van der Waals surface area contributed by atoms with Crippen LogP contribution >= 0.6 is 25.3 Å². The number of carbonyl (C=O) groups excluding carboxylic acids is 3. The van der Waals surface area contributed by atoms with Crippen molar-refractivity contribution in [3.63, 3.8) is 0 Å². The summed E-state index contributed by atoms with van der Waals surface area (Å²) in [6.45, 7) is 7.42. The third kappa shape index (κ3) is 170. The molecule has 0 fully saturated rings. The molecule has 0 bridgehead atoms. The molecule has 0 aliphatic heterocycles. The second-order valence-corrected chi connectivity index (χ2v) is 4.23. The van der Waals surface area contributed by atoms with E-state index in [4.69, 9.17) is 9.59 Å². The van der Waals surface area contributed by atoms with E-state index in [-0.39, 0.29) is 0 Å². The molecule has 0 heterocycles. The Morgan fingerprint density at radius 2 is 1.25 bits per heavy atom. The highest BCUT2D eigenvalue weighted by molar-refractivity contribution is 7.96. The Morgan fingerprint density at radius 1 is 0.950 bits per heavy atom. The predicted octanol–water partition coefficient (Wildman–Crippen LogP) is 3.15. The quantitative estimate of drug-likeness (QED) is 0.341. The number of ether oxygens (including phenoxy) is 1. The first-order valence-corrected chi connectivity index (χ1v) is 7.21. The van der Waals surface area contributed by atoms with Crippen LogP contribution in [0.1, 0.15) is 52.9 Å². The van der Waals surface area contributed by atoms with E-state index >= 15 is 0 Å². The molecular formula is C12H28N2O4S2. The smallest absolute Gasteiger partial charge is 0.293 e. The minimum Gasteiger partial charge on any atom is -0.468 e. The molecule has 0 aromatic heterocycles. The number of carbonyl (C=O) groups is 3. The summed E-state index contributed by atoms with van der Waals surface area (Å²) in [5.74, 6) is 0. The Hall–Kier alpha value is -0.890. The fourth-order valence-corrected chi connectivity index (χ4v) is 0.666. The van der Waals surface area contributed by atoms with Gasteiger partial charge in [0, 0.05) is 0 Å². The first-order chi connectivity index (χ1) is 9.29. The van der Waals surface area contributed by atoms with Gasteiger partial charge in [0.2, 0.25) is 0 Å². The summed E-state index contributed by atoms with van der Waals surface area (Å²) in [6.07, 6.45) is 6.44. The Balaban J connectivity index is -0.0000000871. The summed E-state index contributed by atoms with van der Waals surface area (Å²) in [5, 5.41) is -1.28. The predicted molar refractivity (Wildman–Crippen MR) is 89.3 cm³/mol. The molecule has 0 spiro atoms. The van der Waals surface area contributed by atoms with Crippen molar-refractivity contribution < 1.29 is 19.1 Å². The van der Waals surface area contributed by atoms with Crippen LogP contribution in [0.4, 0.5) is 9.59 Å². The Kier molecular flexibility index (Phi) is 42.3. The molecule has 2 amide bonds. The Labute approximate surface area is 132 Å². The van der Waals surface area contributed by atoms with Gasteiger partial charge in [0.1, 0.15) is 0 Å². The van der Waals surface area contributed by atoms with E-state index in [1.807, 2.05) is 6.92 Å². The van der Waals surface area contributed by atoms with Gasteiger partial charge in [-0.05, 0) is 6.42 Å². The Bertz CT molecular complexity index is 194. The van der Waals surface area contributed by atoms with Crippen LogP contribution in [-0.4, -0.2) is 23.6 Å². The lowest BCUT2D eigenvalue weighted by Crippen LogP contribution is -1.95. The summed E-state index contributed by atoms with van der Waals surface area (Å²) in [7, 11) is 0. The summed E-state index contributed by atoms with van der Waals surface area (Å²) in [4.78, 5) is 27.5. The van der Waals surface area contributed by atoms with Gasteiger partial charge in [-0.15, -0.1) is 0 Å². The van der Waals surface area contributed by atoms with E-state index in [9.17, 15) is 4.79 Å². The van der Waals surface area contributed by atoms with Crippen molar-refractivity contribution in [1.29, 1.82) is 0 Å². The van der Waals surface area contributed by atoms with E-state index in [1.165, 1.54) is 25.7 Å². The third-order valence-electron chi connectivity index (χ3n) is 1.35. The van der Waals surface area contributed by atoms with E-state index in [0.29, 0.717) is 13.1 Å². The monoisotopic (exact) mass is 328 g/mol. The van der Waals surface area contributed by atoms with Crippen molar-refractivity contribution >= 4 is 42.2 Å². The number of hydrogen-bond donors (Lipinski definition) is 4. The van der Waals surface area contributed by atoms with E-state index < -0.39 is 10.5 Å². The summed E-state index contributed by atoms with van der Waals surface area (Å²) in [6, 6.07) is 0. The normalized spacial score (nSPS) is 7.45. The maximum Gasteiger partial charge on any atom is 0.293 e. The topological polar surface area (TPSA) is 112 Å². The van der Waals surface area contributed by atoms with Crippen molar-refractivity contribution in [2.24, 2.45) is 11.5 Å².